The number of carbonyl (C=O) groups excluding carboxylic acids is 1. The summed E-state index contributed by atoms with van der Waals surface area (Å²) in [4.78, 5) is 23.8. The number of fused-ring (bicyclic) bond motifs is 1. The Hall–Kier alpha value is -1.64. The predicted octanol–water partition coefficient (Wildman–Crippen LogP) is 5.04. The fraction of sp³-hybridized carbons (Fsp3) is 0.391. The Morgan fingerprint density at radius 1 is 1.19 bits per heavy atom. The van der Waals surface area contributed by atoms with E-state index >= 15 is 0 Å². The van der Waals surface area contributed by atoms with E-state index in [0.717, 1.165) is 58.7 Å². The molecule has 166 valence electrons. The summed E-state index contributed by atoms with van der Waals surface area (Å²) in [6.45, 7) is 8.85. The molecule has 2 heterocycles. The maximum Gasteiger partial charge on any atom is 0.260 e. The van der Waals surface area contributed by atoms with Crippen molar-refractivity contribution in [3.8, 4) is 0 Å². The van der Waals surface area contributed by atoms with Gasteiger partial charge in [0.05, 0.1) is 23.4 Å². The van der Waals surface area contributed by atoms with Crippen LogP contribution in [-0.2, 0) is 4.74 Å². The first-order chi connectivity index (χ1) is 14.6. The number of amides is 1. The highest BCUT2D eigenvalue weighted by Gasteiger charge is 2.23. The number of thiazole rings is 1. The summed E-state index contributed by atoms with van der Waals surface area (Å²) in [5.41, 5.74) is 4.01. The average molecular weight is 478 g/mol. The van der Waals surface area contributed by atoms with Gasteiger partial charge in [0.2, 0.25) is 0 Å². The van der Waals surface area contributed by atoms with E-state index in [-0.39, 0.29) is 18.3 Å². The van der Waals surface area contributed by atoms with Crippen LogP contribution in [0.2, 0.25) is 0 Å². The van der Waals surface area contributed by atoms with Gasteiger partial charge >= 0.3 is 0 Å². The zero-order valence-corrected chi connectivity index (χ0v) is 20.5. The fourth-order valence-corrected chi connectivity index (χ4v) is 5.22. The standard InChI is InChI=1S/C23H27N3O2S2.ClH/c1-16-7-8-18(15-17(16)2)22(27)26(10-9-25-11-13-28-14-12-25)23-24-21-19(29-3)5-4-6-20(21)30-23;/h4-8,15H,9-14H2,1-3H3;1H. The maximum absolute atomic E-state index is 13.6. The molecule has 2 aromatic carbocycles. The number of halogens is 1. The van der Waals surface area contributed by atoms with Crippen molar-refractivity contribution in [1.29, 1.82) is 0 Å². The summed E-state index contributed by atoms with van der Waals surface area (Å²) in [6.07, 6.45) is 2.06. The molecule has 1 saturated heterocycles. The Labute approximate surface area is 198 Å². The molecule has 1 amide bonds. The van der Waals surface area contributed by atoms with Gasteiger partial charge in [-0.2, -0.15) is 0 Å². The Kier molecular flexibility index (Phi) is 8.36. The third kappa shape index (κ3) is 5.41. The molecular weight excluding hydrogens is 450 g/mol. The minimum Gasteiger partial charge on any atom is -0.379 e. The van der Waals surface area contributed by atoms with Crippen LogP contribution in [0, 0.1) is 13.8 Å². The molecule has 0 atom stereocenters. The van der Waals surface area contributed by atoms with Crippen LogP contribution in [0.5, 0.6) is 0 Å². The molecule has 1 aliphatic heterocycles. The van der Waals surface area contributed by atoms with Crippen molar-refractivity contribution in [2.75, 3.05) is 50.5 Å². The van der Waals surface area contributed by atoms with Gasteiger partial charge < -0.3 is 4.74 Å². The smallest absolute Gasteiger partial charge is 0.260 e. The normalized spacial score (nSPS) is 14.4. The Morgan fingerprint density at radius 3 is 2.68 bits per heavy atom. The van der Waals surface area contributed by atoms with Crippen molar-refractivity contribution in [2.24, 2.45) is 0 Å². The van der Waals surface area contributed by atoms with Gasteiger partial charge in [0, 0.05) is 36.6 Å². The van der Waals surface area contributed by atoms with Gasteiger partial charge in [-0.15, -0.1) is 24.2 Å². The van der Waals surface area contributed by atoms with Crippen LogP contribution in [0.15, 0.2) is 41.3 Å². The monoisotopic (exact) mass is 477 g/mol. The molecular formula is C23H28ClN3O2S2. The van der Waals surface area contributed by atoms with Crippen molar-refractivity contribution in [3.63, 3.8) is 0 Å². The highest BCUT2D eigenvalue weighted by atomic mass is 35.5. The highest BCUT2D eigenvalue weighted by molar-refractivity contribution is 7.98. The van der Waals surface area contributed by atoms with Crippen LogP contribution >= 0.6 is 35.5 Å². The number of morpholine rings is 1. The van der Waals surface area contributed by atoms with Crippen molar-refractivity contribution in [2.45, 2.75) is 18.7 Å². The Bertz CT molecular complexity index is 1050. The van der Waals surface area contributed by atoms with E-state index in [4.69, 9.17) is 9.72 Å². The van der Waals surface area contributed by atoms with Crippen LogP contribution in [0.4, 0.5) is 5.13 Å². The fourth-order valence-electron chi connectivity index (χ4n) is 3.57. The van der Waals surface area contributed by atoms with Gasteiger partial charge in [0.1, 0.15) is 0 Å². The molecule has 0 unspecified atom stereocenters. The van der Waals surface area contributed by atoms with Gasteiger partial charge in [0.15, 0.2) is 5.13 Å². The van der Waals surface area contributed by atoms with Gasteiger partial charge in [0.25, 0.3) is 5.91 Å². The Morgan fingerprint density at radius 2 is 1.97 bits per heavy atom. The number of anilines is 1. The van der Waals surface area contributed by atoms with Gasteiger partial charge in [-0.25, -0.2) is 4.98 Å². The third-order valence-electron chi connectivity index (χ3n) is 5.56. The number of carbonyl (C=O) groups is 1. The molecule has 0 aliphatic carbocycles. The van der Waals surface area contributed by atoms with Crippen molar-refractivity contribution in [1.82, 2.24) is 9.88 Å². The molecule has 8 heteroatoms. The first-order valence-corrected chi connectivity index (χ1v) is 12.2. The highest BCUT2D eigenvalue weighted by Crippen LogP contribution is 2.34. The second-order valence-corrected chi connectivity index (χ2v) is 9.37. The molecule has 0 N–H and O–H groups in total. The molecule has 31 heavy (non-hydrogen) atoms. The van der Waals surface area contributed by atoms with E-state index in [2.05, 4.69) is 36.3 Å². The summed E-state index contributed by atoms with van der Waals surface area (Å²) >= 11 is 3.28. The number of hydrogen-bond donors (Lipinski definition) is 0. The molecule has 0 spiro atoms. The van der Waals surface area contributed by atoms with Crippen molar-refractivity contribution >= 4 is 56.8 Å². The average Bonchev–Trinajstić information content (AvgIpc) is 3.20. The van der Waals surface area contributed by atoms with Gasteiger partial charge in [-0.3, -0.25) is 14.6 Å². The van der Waals surface area contributed by atoms with Crippen LogP contribution in [0.3, 0.4) is 0 Å². The van der Waals surface area contributed by atoms with Crippen LogP contribution in [-0.4, -0.2) is 61.4 Å². The first kappa shape index (κ1) is 24.0. The molecule has 1 aromatic heterocycles. The number of aryl methyl sites for hydroxylation is 2. The second-order valence-electron chi connectivity index (χ2n) is 7.51. The number of para-hydroxylation sites is 1. The summed E-state index contributed by atoms with van der Waals surface area (Å²) in [5, 5.41) is 0.767. The number of hydrogen-bond acceptors (Lipinski definition) is 6. The second kappa shape index (κ2) is 10.8. The minimum atomic E-state index is 0. The zero-order valence-electron chi connectivity index (χ0n) is 18.1. The number of benzene rings is 2. The lowest BCUT2D eigenvalue weighted by Gasteiger charge is -2.29. The lowest BCUT2D eigenvalue weighted by molar-refractivity contribution is 0.0391. The SMILES string of the molecule is CSc1cccc2sc(N(CCN3CCOCC3)C(=O)c3ccc(C)c(C)c3)nc12.Cl. The van der Waals surface area contributed by atoms with Crippen LogP contribution in [0.25, 0.3) is 10.2 Å². The summed E-state index contributed by atoms with van der Waals surface area (Å²) in [6, 6.07) is 12.1. The van der Waals surface area contributed by atoms with E-state index in [1.807, 2.05) is 30.0 Å². The first-order valence-electron chi connectivity index (χ1n) is 10.2. The van der Waals surface area contributed by atoms with Crippen LogP contribution in [0.1, 0.15) is 21.5 Å². The quantitative estimate of drug-likeness (QED) is 0.465. The molecule has 0 radical (unpaired) electrons. The molecule has 1 aliphatic rings. The molecule has 1 fully saturated rings. The molecule has 4 rings (SSSR count). The zero-order chi connectivity index (χ0) is 21.1. The molecule has 5 nitrogen and oxygen atoms in total. The number of aromatic nitrogens is 1. The van der Waals surface area contributed by atoms with Crippen molar-refractivity contribution in [3.05, 3.63) is 53.1 Å². The van der Waals surface area contributed by atoms with E-state index in [1.165, 1.54) is 5.56 Å². The lowest BCUT2D eigenvalue weighted by atomic mass is 10.1. The van der Waals surface area contributed by atoms with E-state index in [9.17, 15) is 4.79 Å². The summed E-state index contributed by atoms with van der Waals surface area (Å²) in [7, 11) is 0. The minimum absolute atomic E-state index is 0. The number of rotatable bonds is 6. The van der Waals surface area contributed by atoms with E-state index in [1.54, 1.807) is 23.1 Å². The number of nitrogens with zero attached hydrogens (tertiary/aromatic N) is 3. The third-order valence-corrected chi connectivity index (χ3v) is 7.38. The topological polar surface area (TPSA) is 45.7 Å². The summed E-state index contributed by atoms with van der Waals surface area (Å²) < 4.78 is 6.58. The summed E-state index contributed by atoms with van der Waals surface area (Å²) in [5.74, 6) is 0.0103. The molecule has 0 bridgehead atoms. The van der Waals surface area contributed by atoms with Crippen LogP contribution < -0.4 is 4.90 Å². The largest absolute Gasteiger partial charge is 0.379 e. The number of ether oxygens (including phenoxy) is 1. The van der Waals surface area contributed by atoms with Gasteiger partial charge in [-0.1, -0.05) is 23.5 Å². The predicted molar refractivity (Wildman–Crippen MR) is 134 cm³/mol. The Balaban J connectivity index is 0.00000272. The van der Waals surface area contributed by atoms with E-state index < -0.39 is 0 Å². The molecule has 0 saturated carbocycles. The maximum atomic E-state index is 13.6. The van der Waals surface area contributed by atoms with E-state index in [0.29, 0.717) is 12.1 Å². The lowest BCUT2D eigenvalue weighted by Crippen LogP contribution is -2.43. The van der Waals surface area contributed by atoms with Crippen molar-refractivity contribution < 1.29 is 9.53 Å². The van der Waals surface area contributed by atoms with Gasteiger partial charge in [-0.05, 0) is 55.5 Å². The molecule has 3 aromatic rings. The number of thioether (sulfide) groups is 1.